The number of rotatable bonds is 2. The first-order valence-electron chi connectivity index (χ1n) is 5.65. The molecular formula is C12H17BrOS. The van der Waals surface area contributed by atoms with Crippen molar-refractivity contribution in [3.05, 3.63) is 20.8 Å². The van der Waals surface area contributed by atoms with Crippen molar-refractivity contribution >= 4 is 27.3 Å². The quantitative estimate of drug-likeness (QED) is 0.811. The van der Waals surface area contributed by atoms with Crippen LogP contribution in [0.2, 0.25) is 0 Å². The maximum atomic E-state index is 10.5. The highest BCUT2D eigenvalue weighted by Crippen LogP contribution is 2.33. The highest BCUT2D eigenvalue weighted by molar-refractivity contribution is 9.11. The second kappa shape index (κ2) is 4.98. The molecule has 1 fully saturated rings. The van der Waals surface area contributed by atoms with Crippen molar-refractivity contribution in [2.24, 2.45) is 0 Å². The van der Waals surface area contributed by atoms with Crippen LogP contribution < -0.4 is 0 Å². The average Bonchev–Trinajstić information content (AvgIpc) is 2.46. The van der Waals surface area contributed by atoms with Crippen LogP contribution in [-0.2, 0) is 6.42 Å². The largest absolute Gasteiger partial charge is 0.390 e. The van der Waals surface area contributed by atoms with Gasteiger partial charge in [-0.25, -0.2) is 0 Å². The van der Waals surface area contributed by atoms with Crippen LogP contribution in [0.5, 0.6) is 0 Å². The fraction of sp³-hybridized carbons (Fsp3) is 0.667. The topological polar surface area (TPSA) is 20.2 Å². The number of aliphatic hydroxyl groups is 1. The Morgan fingerprint density at radius 1 is 1.20 bits per heavy atom. The van der Waals surface area contributed by atoms with E-state index in [1.807, 2.05) is 0 Å². The molecule has 0 amide bonds. The van der Waals surface area contributed by atoms with Crippen LogP contribution in [0.25, 0.3) is 0 Å². The molecule has 1 aliphatic carbocycles. The molecule has 0 aromatic carbocycles. The van der Waals surface area contributed by atoms with Gasteiger partial charge in [0, 0.05) is 11.3 Å². The van der Waals surface area contributed by atoms with Crippen molar-refractivity contribution in [2.75, 3.05) is 0 Å². The van der Waals surface area contributed by atoms with Gasteiger partial charge < -0.3 is 5.11 Å². The lowest BCUT2D eigenvalue weighted by Gasteiger charge is -2.25. The Balaban J connectivity index is 2.02. The molecule has 0 bridgehead atoms. The molecule has 84 valence electrons. The second-order valence-electron chi connectivity index (χ2n) is 4.52. The SMILES string of the molecule is OC1(Cc2ccc(Br)s2)CCCCCC1. The van der Waals surface area contributed by atoms with Gasteiger partial charge in [-0.1, -0.05) is 25.7 Å². The van der Waals surface area contributed by atoms with Gasteiger partial charge in [-0.05, 0) is 40.9 Å². The van der Waals surface area contributed by atoms with E-state index in [0.717, 1.165) is 23.0 Å². The van der Waals surface area contributed by atoms with Crippen molar-refractivity contribution in [1.82, 2.24) is 0 Å². The van der Waals surface area contributed by atoms with Crippen LogP contribution in [-0.4, -0.2) is 10.7 Å². The lowest BCUT2D eigenvalue weighted by molar-refractivity contribution is 0.0260. The molecule has 0 radical (unpaired) electrons. The summed E-state index contributed by atoms with van der Waals surface area (Å²) >= 11 is 5.21. The number of hydrogen-bond acceptors (Lipinski definition) is 2. The van der Waals surface area contributed by atoms with E-state index in [1.54, 1.807) is 11.3 Å². The lowest BCUT2D eigenvalue weighted by Crippen LogP contribution is -2.30. The lowest BCUT2D eigenvalue weighted by atomic mass is 9.90. The molecule has 1 aliphatic rings. The van der Waals surface area contributed by atoms with Crippen molar-refractivity contribution in [3.63, 3.8) is 0 Å². The van der Waals surface area contributed by atoms with E-state index >= 15 is 0 Å². The molecule has 0 unspecified atom stereocenters. The van der Waals surface area contributed by atoms with Gasteiger partial charge in [0.05, 0.1) is 9.39 Å². The van der Waals surface area contributed by atoms with E-state index in [4.69, 9.17) is 0 Å². The van der Waals surface area contributed by atoms with E-state index in [-0.39, 0.29) is 0 Å². The summed E-state index contributed by atoms with van der Waals surface area (Å²) < 4.78 is 1.16. The number of halogens is 1. The zero-order valence-corrected chi connectivity index (χ0v) is 11.2. The second-order valence-corrected chi connectivity index (χ2v) is 7.07. The first-order valence-corrected chi connectivity index (χ1v) is 7.26. The molecule has 1 saturated carbocycles. The molecule has 0 spiro atoms. The molecule has 1 heterocycles. The van der Waals surface area contributed by atoms with Crippen LogP contribution >= 0.6 is 27.3 Å². The van der Waals surface area contributed by atoms with Crippen molar-refractivity contribution in [2.45, 2.75) is 50.5 Å². The van der Waals surface area contributed by atoms with Crippen LogP contribution in [0.4, 0.5) is 0 Å². The normalized spacial score (nSPS) is 21.2. The van der Waals surface area contributed by atoms with E-state index < -0.39 is 5.60 Å². The number of hydrogen-bond donors (Lipinski definition) is 1. The molecule has 1 aromatic rings. The Hall–Kier alpha value is 0.140. The molecule has 0 aliphatic heterocycles. The summed E-state index contributed by atoms with van der Waals surface area (Å²) in [4.78, 5) is 1.30. The molecule has 15 heavy (non-hydrogen) atoms. The van der Waals surface area contributed by atoms with Gasteiger partial charge in [0.15, 0.2) is 0 Å². The van der Waals surface area contributed by atoms with Gasteiger partial charge in [0.2, 0.25) is 0 Å². The molecule has 0 atom stereocenters. The van der Waals surface area contributed by atoms with Crippen LogP contribution in [0, 0.1) is 0 Å². The monoisotopic (exact) mass is 288 g/mol. The smallest absolute Gasteiger partial charge is 0.0701 e. The summed E-state index contributed by atoms with van der Waals surface area (Å²) in [6, 6.07) is 4.19. The summed E-state index contributed by atoms with van der Waals surface area (Å²) in [5.41, 5.74) is -0.430. The highest BCUT2D eigenvalue weighted by atomic mass is 79.9. The summed E-state index contributed by atoms with van der Waals surface area (Å²) in [6.45, 7) is 0. The summed E-state index contributed by atoms with van der Waals surface area (Å²) in [7, 11) is 0. The third kappa shape index (κ3) is 3.30. The maximum Gasteiger partial charge on any atom is 0.0701 e. The summed E-state index contributed by atoms with van der Waals surface area (Å²) in [6.07, 6.45) is 7.73. The molecule has 1 nitrogen and oxygen atoms in total. The summed E-state index contributed by atoms with van der Waals surface area (Å²) in [5.74, 6) is 0. The third-order valence-corrected chi connectivity index (χ3v) is 4.79. The Labute approximate surface area is 104 Å². The standard InChI is InChI=1S/C12H17BrOS/c13-11-6-5-10(15-11)9-12(14)7-3-1-2-4-8-12/h5-6,14H,1-4,7-9H2. The molecule has 1 aromatic heterocycles. The van der Waals surface area contributed by atoms with Gasteiger partial charge in [0.25, 0.3) is 0 Å². The molecule has 3 heteroatoms. The minimum absolute atomic E-state index is 0.430. The average molecular weight is 289 g/mol. The fourth-order valence-corrected chi connectivity index (χ4v) is 3.95. The third-order valence-electron chi connectivity index (χ3n) is 3.17. The predicted molar refractivity (Wildman–Crippen MR) is 68.4 cm³/mol. The zero-order valence-electron chi connectivity index (χ0n) is 8.84. The molecule has 0 saturated heterocycles. The van der Waals surface area contributed by atoms with Gasteiger partial charge in [0.1, 0.15) is 0 Å². The van der Waals surface area contributed by atoms with Gasteiger partial charge in [-0.3, -0.25) is 0 Å². The van der Waals surface area contributed by atoms with Gasteiger partial charge in [-0.2, -0.15) is 0 Å². The van der Waals surface area contributed by atoms with Crippen LogP contribution in [0.3, 0.4) is 0 Å². The minimum Gasteiger partial charge on any atom is -0.390 e. The molecule has 1 N–H and O–H groups in total. The maximum absolute atomic E-state index is 10.5. The number of thiophene rings is 1. The Morgan fingerprint density at radius 3 is 2.40 bits per heavy atom. The van der Waals surface area contributed by atoms with Crippen molar-refractivity contribution in [3.8, 4) is 0 Å². The van der Waals surface area contributed by atoms with Crippen molar-refractivity contribution in [1.29, 1.82) is 0 Å². The Kier molecular flexibility index (Phi) is 3.86. The fourth-order valence-electron chi connectivity index (χ4n) is 2.33. The Bertz CT molecular complexity index is 313. The van der Waals surface area contributed by atoms with E-state index in [0.29, 0.717) is 0 Å². The van der Waals surface area contributed by atoms with Gasteiger partial charge in [-0.15, -0.1) is 11.3 Å². The minimum atomic E-state index is -0.430. The van der Waals surface area contributed by atoms with Crippen LogP contribution in [0.15, 0.2) is 15.9 Å². The van der Waals surface area contributed by atoms with Crippen molar-refractivity contribution < 1.29 is 5.11 Å². The van der Waals surface area contributed by atoms with E-state index in [1.165, 1.54) is 30.6 Å². The molecular weight excluding hydrogens is 272 g/mol. The van der Waals surface area contributed by atoms with E-state index in [9.17, 15) is 5.11 Å². The molecule has 2 rings (SSSR count). The van der Waals surface area contributed by atoms with E-state index in [2.05, 4.69) is 28.1 Å². The summed E-state index contributed by atoms with van der Waals surface area (Å²) in [5, 5.41) is 10.5. The first-order chi connectivity index (χ1) is 7.18. The van der Waals surface area contributed by atoms with Crippen LogP contribution in [0.1, 0.15) is 43.4 Å². The first kappa shape index (κ1) is 11.6. The Morgan fingerprint density at radius 2 is 1.87 bits per heavy atom. The highest BCUT2D eigenvalue weighted by Gasteiger charge is 2.28. The zero-order chi connectivity index (χ0) is 10.7. The van der Waals surface area contributed by atoms with Gasteiger partial charge >= 0.3 is 0 Å². The predicted octanol–water partition coefficient (Wildman–Crippen LogP) is 4.14.